The number of furan rings is 1. The summed E-state index contributed by atoms with van der Waals surface area (Å²) < 4.78 is 39.2. The molecule has 0 radical (unpaired) electrons. The van der Waals surface area contributed by atoms with Gasteiger partial charge in [0.25, 0.3) is 0 Å². The second-order valence-electron chi connectivity index (χ2n) is 9.33. The second-order valence-corrected chi connectivity index (χ2v) is 11.0. The van der Waals surface area contributed by atoms with Gasteiger partial charge in [0.1, 0.15) is 17.2 Å². The maximum atomic E-state index is 12.8. The topological polar surface area (TPSA) is 136 Å². The third-order valence-electron chi connectivity index (χ3n) is 5.29. The first-order chi connectivity index (χ1) is 15.4. The zero-order valence-electron chi connectivity index (χ0n) is 18.9. The Labute approximate surface area is 190 Å². The van der Waals surface area contributed by atoms with Gasteiger partial charge in [-0.2, -0.15) is 9.71 Å². The number of nitrogens with one attached hydrogen (secondary N) is 1. The fourth-order valence-electron chi connectivity index (χ4n) is 3.41. The van der Waals surface area contributed by atoms with Crippen molar-refractivity contribution >= 4 is 37.9 Å². The Bertz CT molecular complexity index is 1460. The lowest BCUT2D eigenvalue weighted by molar-refractivity contribution is -0.140. The van der Waals surface area contributed by atoms with Gasteiger partial charge in [0.15, 0.2) is 0 Å². The molecule has 2 aromatic heterocycles. The van der Waals surface area contributed by atoms with E-state index in [1.807, 2.05) is 32.9 Å². The zero-order valence-corrected chi connectivity index (χ0v) is 19.7. The van der Waals surface area contributed by atoms with E-state index in [1.165, 1.54) is 12.1 Å². The number of carboxylic acids is 1. The van der Waals surface area contributed by atoms with Crippen LogP contribution in [-0.2, 0) is 20.2 Å². The number of sulfonamides is 1. The molecule has 0 aliphatic heterocycles. The predicted octanol–water partition coefficient (Wildman–Crippen LogP) is 4.32. The fourth-order valence-corrected chi connectivity index (χ4v) is 4.78. The number of fused-ring (bicyclic) bond motifs is 3. The predicted molar refractivity (Wildman–Crippen MR) is 122 cm³/mol. The molecule has 4 aromatic rings. The van der Waals surface area contributed by atoms with Crippen LogP contribution in [-0.4, -0.2) is 35.7 Å². The maximum absolute atomic E-state index is 12.8. The summed E-state index contributed by atoms with van der Waals surface area (Å²) in [5.41, 5.74) is 1.47. The molecule has 0 fully saturated rings. The number of rotatable bonds is 6. The summed E-state index contributed by atoms with van der Waals surface area (Å²) in [6.07, 6.45) is 0. The minimum absolute atomic E-state index is 0.0401. The number of carboxylic acid groups (broad SMARTS) is 1. The van der Waals surface area contributed by atoms with Crippen LogP contribution in [0.25, 0.3) is 33.3 Å². The molecule has 33 heavy (non-hydrogen) atoms. The molecule has 0 spiro atoms. The standard InChI is InChI=1S/C23H25N3O6S/c1-12(2)19(21(27)28)26-33(29,30)14-7-9-17-16(11-14)15-8-6-13(10-18(15)31-17)20-24-22(32-25-20)23(3,4)5/h6-12,19,26H,1-5H3,(H,27,28)/t19-/m0/s1. The molecule has 2 N–H and O–H groups in total. The Hall–Kier alpha value is -3.24. The SMILES string of the molecule is CC(C)[C@H](NS(=O)(=O)c1ccc2oc3cc(-c4noc(C(C)(C)C)n4)ccc3c2c1)C(=O)O. The van der Waals surface area contributed by atoms with Crippen LogP contribution in [0.5, 0.6) is 0 Å². The minimum Gasteiger partial charge on any atom is -0.480 e. The van der Waals surface area contributed by atoms with Crippen molar-refractivity contribution in [2.75, 3.05) is 0 Å². The second kappa shape index (κ2) is 7.96. The Morgan fingerprint density at radius 3 is 2.39 bits per heavy atom. The van der Waals surface area contributed by atoms with Crippen LogP contribution in [0.15, 0.2) is 50.2 Å². The molecule has 0 amide bonds. The van der Waals surface area contributed by atoms with Crippen LogP contribution in [0.2, 0.25) is 0 Å². The summed E-state index contributed by atoms with van der Waals surface area (Å²) >= 11 is 0. The van der Waals surface area contributed by atoms with Crippen molar-refractivity contribution in [1.29, 1.82) is 0 Å². The highest BCUT2D eigenvalue weighted by Gasteiger charge is 2.28. The lowest BCUT2D eigenvalue weighted by Crippen LogP contribution is -2.44. The zero-order chi connectivity index (χ0) is 24.1. The number of aromatic nitrogens is 2. The van der Waals surface area contributed by atoms with Crippen LogP contribution in [0.3, 0.4) is 0 Å². The summed E-state index contributed by atoms with van der Waals surface area (Å²) in [4.78, 5) is 15.9. The van der Waals surface area contributed by atoms with Crippen LogP contribution in [0, 0.1) is 5.92 Å². The van der Waals surface area contributed by atoms with E-state index in [0.717, 1.165) is 0 Å². The molecule has 174 valence electrons. The van der Waals surface area contributed by atoms with E-state index in [0.29, 0.717) is 39.2 Å². The number of benzene rings is 2. The molecule has 0 saturated carbocycles. The summed E-state index contributed by atoms with van der Waals surface area (Å²) in [6, 6.07) is 8.59. The molecule has 2 aromatic carbocycles. The van der Waals surface area contributed by atoms with Crippen LogP contribution < -0.4 is 4.72 Å². The van der Waals surface area contributed by atoms with E-state index >= 15 is 0 Å². The van der Waals surface area contributed by atoms with Crippen molar-refractivity contribution in [2.24, 2.45) is 5.92 Å². The lowest BCUT2D eigenvalue weighted by Gasteiger charge is -2.17. The normalized spacial score (nSPS) is 13.8. The largest absolute Gasteiger partial charge is 0.480 e. The Morgan fingerprint density at radius 2 is 1.79 bits per heavy atom. The van der Waals surface area contributed by atoms with E-state index in [4.69, 9.17) is 8.94 Å². The molecule has 0 aliphatic rings. The van der Waals surface area contributed by atoms with E-state index in [2.05, 4.69) is 14.9 Å². The first kappa shape index (κ1) is 22.9. The smallest absolute Gasteiger partial charge is 0.322 e. The van der Waals surface area contributed by atoms with Gasteiger partial charge in [-0.15, -0.1) is 0 Å². The lowest BCUT2D eigenvalue weighted by atomic mass is 9.97. The average Bonchev–Trinajstić information content (AvgIpc) is 3.35. The highest BCUT2D eigenvalue weighted by Crippen LogP contribution is 2.33. The number of carbonyl (C=O) groups is 1. The van der Waals surface area contributed by atoms with Crippen molar-refractivity contribution in [1.82, 2.24) is 14.9 Å². The number of aliphatic carboxylic acids is 1. The van der Waals surface area contributed by atoms with Gasteiger partial charge in [-0.1, -0.05) is 45.8 Å². The molecule has 0 saturated heterocycles. The van der Waals surface area contributed by atoms with Gasteiger partial charge in [0, 0.05) is 21.8 Å². The average molecular weight is 472 g/mol. The first-order valence-electron chi connectivity index (χ1n) is 10.4. The molecule has 10 heteroatoms. The van der Waals surface area contributed by atoms with Gasteiger partial charge in [-0.3, -0.25) is 4.79 Å². The third kappa shape index (κ3) is 4.36. The van der Waals surface area contributed by atoms with Crippen molar-refractivity contribution in [3.63, 3.8) is 0 Å². The van der Waals surface area contributed by atoms with Gasteiger partial charge in [-0.25, -0.2) is 8.42 Å². The Morgan fingerprint density at radius 1 is 1.06 bits per heavy atom. The molecule has 9 nitrogen and oxygen atoms in total. The molecule has 0 aliphatic carbocycles. The molecule has 0 unspecified atom stereocenters. The maximum Gasteiger partial charge on any atom is 0.322 e. The van der Waals surface area contributed by atoms with E-state index < -0.39 is 28.0 Å². The first-order valence-corrected chi connectivity index (χ1v) is 11.9. The minimum atomic E-state index is -4.05. The highest BCUT2D eigenvalue weighted by atomic mass is 32.2. The summed E-state index contributed by atoms with van der Waals surface area (Å²) in [5, 5.41) is 14.7. The van der Waals surface area contributed by atoms with Crippen LogP contribution >= 0.6 is 0 Å². The van der Waals surface area contributed by atoms with Crippen molar-refractivity contribution in [3.8, 4) is 11.4 Å². The number of hydrogen-bond acceptors (Lipinski definition) is 7. The van der Waals surface area contributed by atoms with Crippen molar-refractivity contribution < 1.29 is 27.3 Å². The van der Waals surface area contributed by atoms with E-state index in [9.17, 15) is 18.3 Å². The molecule has 2 heterocycles. The molecule has 0 bridgehead atoms. The summed E-state index contributed by atoms with van der Waals surface area (Å²) in [7, 11) is -4.05. The fraction of sp³-hybridized carbons (Fsp3) is 0.348. The highest BCUT2D eigenvalue weighted by molar-refractivity contribution is 7.89. The van der Waals surface area contributed by atoms with Gasteiger partial charge >= 0.3 is 5.97 Å². The molecular weight excluding hydrogens is 446 g/mol. The van der Waals surface area contributed by atoms with E-state index in [-0.39, 0.29) is 10.3 Å². The third-order valence-corrected chi connectivity index (χ3v) is 6.73. The van der Waals surface area contributed by atoms with Gasteiger partial charge in [-0.05, 0) is 36.2 Å². The number of nitrogens with zero attached hydrogens (tertiary/aromatic N) is 2. The molecule has 1 atom stereocenters. The van der Waals surface area contributed by atoms with Gasteiger partial charge < -0.3 is 14.0 Å². The molecular formula is C23H25N3O6S. The molecule has 4 rings (SSSR count). The van der Waals surface area contributed by atoms with Crippen LogP contribution in [0.1, 0.15) is 40.5 Å². The monoisotopic (exact) mass is 471 g/mol. The van der Waals surface area contributed by atoms with Crippen LogP contribution in [0.4, 0.5) is 0 Å². The summed E-state index contributed by atoms with van der Waals surface area (Å²) in [6.45, 7) is 9.22. The van der Waals surface area contributed by atoms with E-state index in [1.54, 1.807) is 26.0 Å². The van der Waals surface area contributed by atoms with Crippen molar-refractivity contribution in [2.45, 2.75) is 51.0 Å². The summed E-state index contributed by atoms with van der Waals surface area (Å²) in [5.74, 6) is -0.695. The van der Waals surface area contributed by atoms with Gasteiger partial charge in [0.2, 0.25) is 21.7 Å². The van der Waals surface area contributed by atoms with Crippen molar-refractivity contribution in [3.05, 3.63) is 42.3 Å². The number of hydrogen-bond donors (Lipinski definition) is 2. The Balaban J connectivity index is 1.73. The quantitative estimate of drug-likeness (QED) is 0.424. The Kier molecular flexibility index (Phi) is 5.53. The van der Waals surface area contributed by atoms with Gasteiger partial charge in [0.05, 0.1) is 4.90 Å².